The van der Waals surface area contributed by atoms with Crippen LogP contribution in [-0.2, 0) is 6.54 Å². The van der Waals surface area contributed by atoms with Crippen LogP contribution in [0.25, 0.3) is 11.1 Å². The van der Waals surface area contributed by atoms with Gasteiger partial charge in [-0.3, -0.25) is 9.59 Å². The number of para-hydroxylation sites is 1. The molecule has 2 aromatic heterocycles. The minimum atomic E-state index is -0.338. The predicted octanol–water partition coefficient (Wildman–Crippen LogP) is 4.41. The van der Waals surface area contributed by atoms with E-state index >= 15 is 0 Å². The molecule has 138 valence electrons. The van der Waals surface area contributed by atoms with E-state index in [1.54, 1.807) is 30.5 Å². The summed E-state index contributed by atoms with van der Waals surface area (Å²) in [6, 6.07) is 25.7. The van der Waals surface area contributed by atoms with Gasteiger partial charge < -0.3 is 14.3 Å². The van der Waals surface area contributed by atoms with Crippen LogP contribution in [0.1, 0.15) is 16.3 Å². The van der Waals surface area contributed by atoms with E-state index in [9.17, 15) is 9.59 Å². The lowest BCUT2D eigenvalue weighted by molar-refractivity contribution is 0.0995. The second-order valence-corrected chi connectivity index (χ2v) is 6.30. The van der Waals surface area contributed by atoms with Crippen LogP contribution in [0.15, 0.2) is 100 Å². The van der Waals surface area contributed by atoms with Crippen LogP contribution >= 0.6 is 0 Å². The largest absolute Gasteiger partial charge is 0.454 e. The fraction of sp³-hybridized carbons (Fsp3) is 0.0435. The van der Waals surface area contributed by atoms with Crippen LogP contribution in [0.4, 0.5) is 5.69 Å². The highest BCUT2D eigenvalue weighted by Crippen LogP contribution is 2.28. The highest BCUT2D eigenvalue weighted by Gasteiger charge is 2.14. The molecule has 0 radical (unpaired) electrons. The summed E-state index contributed by atoms with van der Waals surface area (Å²) in [7, 11) is 0. The standard InChI is InChI=1S/C23H18N2O3/c26-22-12-6-7-15-25(22)16-18-13-14-21(28-18)23(27)24-20-11-5-4-10-19(20)17-8-2-1-3-9-17/h1-15H,16H2,(H,24,27). The zero-order valence-corrected chi connectivity index (χ0v) is 15.0. The molecule has 0 saturated heterocycles. The van der Waals surface area contributed by atoms with Crippen molar-refractivity contribution in [2.24, 2.45) is 0 Å². The van der Waals surface area contributed by atoms with Gasteiger partial charge in [0.15, 0.2) is 5.76 Å². The minimum absolute atomic E-state index is 0.123. The Kier molecular flexibility index (Phi) is 4.89. The van der Waals surface area contributed by atoms with Gasteiger partial charge in [0, 0.05) is 23.5 Å². The molecule has 0 aliphatic carbocycles. The summed E-state index contributed by atoms with van der Waals surface area (Å²) in [4.78, 5) is 24.5. The van der Waals surface area contributed by atoms with Crippen molar-refractivity contribution in [1.29, 1.82) is 0 Å². The SMILES string of the molecule is O=C(Nc1ccccc1-c1ccccc1)c1ccc(Cn2ccccc2=O)o1. The first-order valence-electron chi connectivity index (χ1n) is 8.91. The molecular formula is C23H18N2O3. The molecule has 0 saturated carbocycles. The van der Waals surface area contributed by atoms with E-state index in [0.29, 0.717) is 11.4 Å². The van der Waals surface area contributed by atoms with Crippen LogP contribution < -0.4 is 10.9 Å². The molecule has 0 unspecified atom stereocenters. The highest BCUT2D eigenvalue weighted by atomic mass is 16.4. The number of benzene rings is 2. The van der Waals surface area contributed by atoms with Gasteiger partial charge in [-0.15, -0.1) is 0 Å². The van der Waals surface area contributed by atoms with Crippen LogP contribution in [0.2, 0.25) is 0 Å². The number of rotatable bonds is 5. The van der Waals surface area contributed by atoms with E-state index in [2.05, 4.69) is 5.32 Å². The Balaban J connectivity index is 1.54. The van der Waals surface area contributed by atoms with E-state index in [1.165, 1.54) is 10.6 Å². The third-order valence-electron chi connectivity index (χ3n) is 4.37. The number of furan rings is 1. The van der Waals surface area contributed by atoms with Gasteiger partial charge in [0.2, 0.25) is 0 Å². The number of carbonyl (C=O) groups excluding carboxylic acids is 1. The molecule has 0 fully saturated rings. The summed E-state index contributed by atoms with van der Waals surface area (Å²) in [5.74, 6) is 0.395. The zero-order chi connectivity index (χ0) is 19.3. The van der Waals surface area contributed by atoms with Crippen molar-refractivity contribution in [2.45, 2.75) is 6.54 Å². The number of amides is 1. The fourth-order valence-electron chi connectivity index (χ4n) is 2.99. The van der Waals surface area contributed by atoms with Gasteiger partial charge in [-0.05, 0) is 29.8 Å². The maximum Gasteiger partial charge on any atom is 0.291 e. The molecule has 2 aromatic carbocycles. The number of pyridine rings is 1. The second-order valence-electron chi connectivity index (χ2n) is 6.30. The molecule has 4 rings (SSSR count). The van der Waals surface area contributed by atoms with E-state index < -0.39 is 0 Å². The Morgan fingerprint density at radius 3 is 2.43 bits per heavy atom. The topological polar surface area (TPSA) is 64.2 Å². The highest BCUT2D eigenvalue weighted by molar-refractivity contribution is 6.04. The number of aromatic nitrogens is 1. The van der Waals surface area contributed by atoms with Crippen molar-refractivity contribution in [3.8, 4) is 11.1 Å². The maximum atomic E-state index is 12.7. The van der Waals surface area contributed by atoms with Gasteiger partial charge in [-0.2, -0.15) is 0 Å². The van der Waals surface area contributed by atoms with Crippen LogP contribution in [-0.4, -0.2) is 10.5 Å². The summed E-state index contributed by atoms with van der Waals surface area (Å²) < 4.78 is 7.17. The third kappa shape index (κ3) is 3.78. The lowest BCUT2D eigenvalue weighted by atomic mass is 10.0. The van der Waals surface area contributed by atoms with Gasteiger partial charge in [-0.25, -0.2) is 0 Å². The Hall–Kier alpha value is -3.86. The van der Waals surface area contributed by atoms with Gasteiger partial charge in [-0.1, -0.05) is 54.6 Å². The van der Waals surface area contributed by atoms with Gasteiger partial charge >= 0.3 is 0 Å². The minimum Gasteiger partial charge on any atom is -0.454 e. The van der Waals surface area contributed by atoms with Crippen molar-refractivity contribution in [3.63, 3.8) is 0 Å². The summed E-state index contributed by atoms with van der Waals surface area (Å²) in [5, 5.41) is 2.91. The molecule has 0 bridgehead atoms. The smallest absolute Gasteiger partial charge is 0.291 e. The average Bonchev–Trinajstić information content (AvgIpc) is 3.20. The predicted molar refractivity (Wildman–Crippen MR) is 108 cm³/mol. The molecule has 0 spiro atoms. The van der Waals surface area contributed by atoms with Gasteiger partial charge in [0.1, 0.15) is 5.76 Å². The molecule has 0 aliphatic heterocycles. The Labute approximate surface area is 161 Å². The lowest BCUT2D eigenvalue weighted by Gasteiger charge is -2.10. The zero-order valence-electron chi connectivity index (χ0n) is 15.0. The van der Waals surface area contributed by atoms with Crippen molar-refractivity contribution >= 4 is 11.6 Å². The molecule has 4 aromatic rings. The lowest BCUT2D eigenvalue weighted by Crippen LogP contribution is -2.18. The summed E-state index contributed by atoms with van der Waals surface area (Å²) in [5.41, 5.74) is 2.53. The van der Waals surface area contributed by atoms with Crippen LogP contribution in [0, 0.1) is 0 Å². The first kappa shape index (κ1) is 17.5. The molecule has 5 nitrogen and oxygen atoms in total. The normalized spacial score (nSPS) is 10.6. The second kappa shape index (κ2) is 7.80. The van der Waals surface area contributed by atoms with E-state index in [-0.39, 0.29) is 23.8 Å². The number of nitrogens with one attached hydrogen (secondary N) is 1. The maximum absolute atomic E-state index is 12.7. The van der Waals surface area contributed by atoms with Crippen molar-refractivity contribution in [3.05, 3.63) is 113 Å². The van der Waals surface area contributed by atoms with Crippen molar-refractivity contribution in [1.82, 2.24) is 4.57 Å². The number of hydrogen-bond donors (Lipinski definition) is 1. The number of anilines is 1. The van der Waals surface area contributed by atoms with Crippen molar-refractivity contribution < 1.29 is 9.21 Å². The molecule has 2 heterocycles. The summed E-state index contributed by atoms with van der Waals surface area (Å²) >= 11 is 0. The molecule has 1 amide bonds. The molecule has 5 heteroatoms. The first-order valence-corrected chi connectivity index (χ1v) is 8.91. The summed E-state index contributed by atoms with van der Waals surface area (Å²) in [6.45, 7) is 0.271. The molecule has 28 heavy (non-hydrogen) atoms. The van der Waals surface area contributed by atoms with E-state index in [1.807, 2.05) is 54.6 Å². The number of hydrogen-bond acceptors (Lipinski definition) is 3. The van der Waals surface area contributed by atoms with Crippen LogP contribution in [0.3, 0.4) is 0 Å². The Morgan fingerprint density at radius 1 is 0.857 bits per heavy atom. The third-order valence-corrected chi connectivity index (χ3v) is 4.37. The fourth-order valence-corrected chi connectivity index (χ4v) is 2.99. The number of nitrogens with zero attached hydrogens (tertiary/aromatic N) is 1. The van der Waals surface area contributed by atoms with E-state index in [4.69, 9.17) is 4.42 Å². The Morgan fingerprint density at radius 2 is 1.61 bits per heavy atom. The first-order chi connectivity index (χ1) is 13.7. The quantitative estimate of drug-likeness (QED) is 0.566. The molecule has 0 aliphatic rings. The van der Waals surface area contributed by atoms with Gasteiger partial charge in [0.05, 0.1) is 6.54 Å². The van der Waals surface area contributed by atoms with Crippen LogP contribution in [0.5, 0.6) is 0 Å². The summed E-state index contributed by atoms with van der Waals surface area (Å²) in [6.07, 6.45) is 1.68. The average molecular weight is 370 g/mol. The number of carbonyl (C=O) groups is 1. The van der Waals surface area contributed by atoms with Crippen molar-refractivity contribution in [2.75, 3.05) is 5.32 Å². The van der Waals surface area contributed by atoms with Gasteiger partial charge in [0.25, 0.3) is 11.5 Å². The monoisotopic (exact) mass is 370 g/mol. The molecule has 1 N–H and O–H groups in total. The molecule has 0 atom stereocenters. The van der Waals surface area contributed by atoms with E-state index in [0.717, 1.165) is 11.1 Å². The Bertz CT molecular complexity index is 1160. The molecular weight excluding hydrogens is 352 g/mol.